The quantitative estimate of drug-likeness (QED) is 0.658. The topological polar surface area (TPSA) is 51.1 Å². The van der Waals surface area contributed by atoms with Crippen molar-refractivity contribution in [3.63, 3.8) is 0 Å². The largest absolute Gasteiger partial charge is 0.472 e. The van der Waals surface area contributed by atoms with Gasteiger partial charge in [0.25, 0.3) is 0 Å². The molecule has 1 fully saturated rings. The van der Waals surface area contributed by atoms with Gasteiger partial charge in [-0.1, -0.05) is 24.3 Å². The lowest BCUT2D eigenvalue weighted by Crippen LogP contribution is -2.18. The number of ether oxygens (including phenoxy) is 1. The maximum Gasteiger partial charge on any atom is 0.228 e. The first-order valence-electron chi connectivity index (χ1n) is 8.95. The van der Waals surface area contributed by atoms with Crippen molar-refractivity contribution < 1.29 is 4.74 Å². The fourth-order valence-electron chi connectivity index (χ4n) is 3.13. The molecule has 4 rings (SSSR count). The monoisotopic (exact) mass is 366 g/mol. The van der Waals surface area contributed by atoms with E-state index in [1.807, 2.05) is 6.92 Å². The number of aryl methyl sites for hydroxylation is 1. The normalized spacial score (nSPS) is 14.7. The van der Waals surface area contributed by atoms with Crippen LogP contribution in [0.1, 0.15) is 28.8 Å². The van der Waals surface area contributed by atoms with E-state index >= 15 is 0 Å². The van der Waals surface area contributed by atoms with Gasteiger partial charge in [0, 0.05) is 18.9 Å². The highest BCUT2D eigenvalue weighted by Gasteiger charge is 2.13. The molecule has 1 aliphatic heterocycles. The molecular weight excluding hydrogens is 344 g/mol. The molecule has 0 atom stereocenters. The van der Waals surface area contributed by atoms with Gasteiger partial charge in [0.2, 0.25) is 5.88 Å². The second-order valence-electron chi connectivity index (χ2n) is 6.56. The van der Waals surface area contributed by atoms with Crippen LogP contribution in [0.25, 0.3) is 10.7 Å². The van der Waals surface area contributed by atoms with Crippen molar-refractivity contribution in [2.24, 2.45) is 0 Å². The van der Waals surface area contributed by atoms with Crippen LogP contribution in [0.5, 0.6) is 5.88 Å². The summed E-state index contributed by atoms with van der Waals surface area (Å²) in [5.41, 5.74) is 3.30. The molecule has 3 heterocycles. The van der Waals surface area contributed by atoms with Gasteiger partial charge in [0.1, 0.15) is 17.3 Å². The number of rotatable bonds is 6. The Kier molecular flexibility index (Phi) is 5.22. The summed E-state index contributed by atoms with van der Waals surface area (Å²) in [5, 5.41) is 0.839. The summed E-state index contributed by atoms with van der Waals surface area (Å²) in [5.74, 6) is 0.678. The molecule has 3 aromatic rings. The van der Waals surface area contributed by atoms with Gasteiger partial charge in [-0.25, -0.2) is 0 Å². The van der Waals surface area contributed by atoms with Gasteiger partial charge >= 0.3 is 0 Å². The van der Waals surface area contributed by atoms with Gasteiger partial charge in [-0.05, 0) is 44.0 Å². The molecule has 0 radical (unpaired) electrons. The van der Waals surface area contributed by atoms with Crippen molar-refractivity contribution in [3.8, 4) is 16.6 Å². The number of hydrogen-bond acceptors (Lipinski definition) is 6. The molecule has 2 aromatic heterocycles. The zero-order chi connectivity index (χ0) is 17.8. The van der Waals surface area contributed by atoms with Crippen LogP contribution in [0.4, 0.5) is 0 Å². The number of nitrogens with zero attached hydrogens (tertiary/aromatic N) is 4. The second-order valence-corrected chi connectivity index (χ2v) is 7.76. The molecule has 0 saturated carbocycles. The third kappa shape index (κ3) is 4.08. The molecule has 134 valence electrons. The van der Waals surface area contributed by atoms with Gasteiger partial charge in [0.05, 0.1) is 11.1 Å². The van der Waals surface area contributed by atoms with Crippen molar-refractivity contribution >= 4 is 11.3 Å². The molecule has 0 N–H and O–H groups in total. The maximum atomic E-state index is 5.94. The van der Waals surface area contributed by atoms with Crippen LogP contribution in [0.3, 0.4) is 0 Å². The summed E-state index contributed by atoms with van der Waals surface area (Å²) >= 11 is 1.58. The lowest BCUT2D eigenvalue weighted by molar-refractivity contribution is 0.294. The van der Waals surface area contributed by atoms with E-state index in [9.17, 15) is 0 Å². The van der Waals surface area contributed by atoms with Crippen LogP contribution in [0, 0.1) is 6.92 Å². The van der Waals surface area contributed by atoms with E-state index < -0.39 is 0 Å². The van der Waals surface area contributed by atoms with Crippen molar-refractivity contribution in [2.75, 3.05) is 13.1 Å². The molecule has 0 bridgehead atoms. The first-order valence-corrected chi connectivity index (χ1v) is 9.76. The summed E-state index contributed by atoms with van der Waals surface area (Å²) in [6, 6.07) is 8.71. The van der Waals surface area contributed by atoms with Crippen LogP contribution < -0.4 is 4.74 Å². The average molecular weight is 366 g/mol. The molecule has 0 unspecified atom stereocenters. The Hall–Kier alpha value is -2.31. The summed E-state index contributed by atoms with van der Waals surface area (Å²) in [7, 11) is 0. The standard InChI is InChI=1S/C20H22N4OS/c1-15-19(23-20(26-15)18-12-21-8-9-22-18)25-14-17-6-4-16(5-7-17)13-24-10-2-3-11-24/h4-9,12H,2-3,10-11,13-14H2,1H3. The van der Waals surface area contributed by atoms with E-state index in [-0.39, 0.29) is 0 Å². The SMILES string of the molecule is Cc1sc(-c2cnccn2)nc1OCc1ccc(CN2CCCC2)cc1. The molecule has 0 amide bonds. The Morgan fingerprint density at radius 1 is 1.08 bits per heavy atom. The minimum Gasteiger partial charge on any atom is -0.472 e. The predicted molar refractivity (Wildman–Crippen MR) is 103 cm³/mol. The molecule has 1 saturated heterocycles. The first-order chi connectivity index (χ1) is 12.8. The molecule has 0 spiro atoms. The molecule has 1 aliphatic rings. The summed E-state index contributed by atoms with van der Waals surface area (Å²) in [6.07, 6.45) is 7.72. The van der Waals surface area contributed by atoms with Crippen LogP contribution in [-0.4, -0.2) is 32.9 Å². The lowest BCUT2D eigenvalue weighted by atomic mass is 10.1. The number of hydrogen-bond donors (Lipinski definition) is 0. The van der Waals surface area contributed by atoms with Crippen LogP contribution in [0.2, 0.25) is 0 Å². The van der Waals surface area contributed by atoms with E-state index in [0.717, 1.165) is 27.7 Å². The Morgan fingerprint density at radius 3 is 2.58 bits per heavy atom. The highest BCUT2D eigenvalue weighted by molar-refractivity contribution is 7.15. The van der Waals surface area contributed by atoms with Crippen LogP contribution >= 0.6 is 11.3 Å². The van der Waals surface area contributed by atoms with Gasteiger partial charge in [-0.15, -0.1) is 11.3 Å². The predicted octanol–water partition coefficient (Wildman–Crippen LogP) is 4.08. The minimum absolute atomic E-state index is 0.522. The van der Waals surface area contributed by atoms with E-state index in [0.29, 0.717) is 12.5 Å². The smallest absolute Gasteiger partial charge is 0.228 e. The van der Waals surface area contributed by atoms with E-state index in [2.05, 4.69) is 44.1 Å². The van der Waals surface area contributed by atoms with Gasteiger partial charge in [0.15, 0.2) is 0 Å². The third-order valence-corrected chi connectivity index (χ3v) is 5.51. The third-order valence-electron chi connectivity index (χ3n) is 4.54. The molecule has 5 nitrogen and oxygen atoms in total. The van der Waals surface area contributed by atoms with Gasteiger partial charge in [-0.3, -0.25) is 14.9 Å². The molecule has 1 aromatic carbocycles. The Bertz CT molecular complexity index is 842. The van der Waals surface area contributed by atoms with E-state index in [4.69, 9.17) is 4.74 Å². The van der Waals surface area contributed by atoms with Crippen LogP contribution in [-0.2, 0) is 13.2 Å². The Labute approximate surface area is 157 Å². The number of benzene rings is 1. The summed E-state index contributed by atoms with van der Waals surface area (Å²) < 4.78 is 5.94. The highest BCUT2D eigenvalue weighted by Crippen LogP contribution is 2.30. The maximum absolute atomic E-state index is 5.94. The van der Waals surface area contributed by atoms with Crippen LogP contribution in [0.15, 0.2) is 42.9 Å². The first kappa shape index (κ1) is 17.1. The molecular formula is C20H22N4OS. The highest BCUT2D eigenvalue weighted by atomic mass is 32.1. The number of likely N-dealkylation sites (tertiary alicyclic amines) is 1. The Morgan fingerprint density at radius 2 is 1.85 bits per heavy atom. The van der Waals surface area contributed by atoms with Crippen molar-refractivity contribution in [1.29, 1.82) is 0 Å². The lowest BCUT2D eigenvalue weighted by Gasteiger charge is -2.14. The van der Waals surface area contributed by atoms with Crippen molar-refractivity contribution in [2.45, 2.75) is 32.9 Å². The molecule has 0 aliphatic carbocycles. The van der Waals surface area contributed by atoms with Gasteiger partial charge in [-0.2, -0.15) is 4.98 Å². The van der Waals surface area contributed by atoms with E-state index in [1.165, 1.54) is 31.5 Å². The van der Waals surface area contributed by atoms with E-state index in [1.54, 1.807) is 29.9 Å². The fourth-order valence-corrected chi connectivity index (χ4v) is 3.95. The van der Waals surface area contributed by atoms with Crippen molar-refractivity contribution in [3.05, 3.63) is 58.9 Å². The average Bonchev–Trinajstić information content (AvgIpc) is 3.32. The minimum atomic E-state index is 0.522. The second kappa shape index (κ2) is 7.93. The number of aromatic nitrogens is 3. The summed E-state index contributed by atoms with van der Waals surface area (Å²) in [6.45, 7) is 6.04. The Balaban J connectivity index is 1.37. The summed E-state index contributed by atoms with van der Waals surface area (Å²) in [4.78, 5) is 16.5. The van der Waals surface area contributed by atoms with Crippen molar-refractivity contribution in [1.82, 2.24) is 19.9 Å². The molecule has 6 heteroatoms. The zero-order valence-corrected chi connectivity index (χ0v) is 15.7. The number of thiazole rings is 1. The zero-order valence-electron chi connectivity index (χ0n) is 14.9. The molecule has 26 heavy (non-hydrogen) atoms. The van der Waals surface area contributed by atoms with Gasteiger partial charge < -0.3 is 4.74 Å². The fraction of sp³-hybridized carbons (Fsp3) is 0.350.